The number of nitrogens with zero attached hydrogens (tertiary/aromatic N) is 6. The van der Waals surface area contributed by atoms with Gasteiger partial charge in [-0.15, -0.1) is 0 Å². The molecule has 3 aromatic heterocycles. The van der Waals surface area contributed by atoms with Crippen LogP contribution in [-0.2, 0) is 14.3 Å². The lowest BCUT2D eigenvalue weighted by Crippen LogP contribution is -2.49. The normalized spacial score (nSPS) is 29.6. The van der Waals surface area contributed by atoms with E-state index < -0.39 is 0 Å². The van der Waals surface area contributed by atoms with Crippen LogP contribution in [0.15, 0.2) is 41.0 Å². The van der Waals surface area contributed by atoms with Crippen molar-refractivity contribution in [2.45, 2.75) is 103 Å². The lowest BCUT2D eigenvalue weighted by atomic mass is 9.80. The van der Waals surface area contributed by atoms with Crippen LogP contribution in [0.1, 0.15) is 97.0 Å². The Morgan fingerprint density at radius 3 is 2.57 bits per heavy atom. The van der Waals surface area contributed by atoms with Gasteiger partial charge >= 0.3 is 5.97 Å². The minimum atomic E-state index is -0.266. The number of nitrogens with one attached hydrogen (secondary N) is 1. The largest absolute Gasteiger partial charge is 0.459 e. The highest BCUT2D eigenvalue weighted by molar-refractivity contribution is 5.99. The van der Waals surface area contributed by atoms with Gasteiger partial charge in [-0.2, -0.15) is 4.98 Å². The number of aryl methyl sites for hydroxylation is 1. The molecule has 12 nitrogen and oxygen atoms in total. The highest BCUT2D eigenvalue weighted by Gasteiger charge is 2.62. The number of rotatable bonds is 7. The van der Waals surface area contributed by atoms with Crippen molar-refractivity contribution in [1.82, 2.24) is 24.4 Å². The number of pyridine rings is 2. The number of epoxide rings is 1. The summed E-state index contributed by atoms with van der Waals surface area (Å²) in [6.45, 7) is 11.7. The first-order valence-electron chi connectivity index (χ1n) is 18.8. The van der Waals surface area contributed by atoms with Crippen molar-refractivity contribution in [2.75, 3.05) is 42.9 Å². The molecule has 0 spiro atoms. The number of Topliss-reactive ketones (excluding diaryl/α,β-unsaturated/α-hetero) is 1. The Hall–Kier alpha value is -4.16. The van der Waals surface area contributed by atoms with E-state index in [0.717, 1.165) is 83.2 Å². The fourth-order valence-corrected chi connectivity index (χ4v) is 9.13. The van der Waals surface area contributed by atoms with Gasteiger partial charge in [-0.3, -0.25) is 23.9 Å². The summed E-state index contributed by atoms with van der Waals surface area (Å²) in [4.78, 5) is 58.0. The Kier molecular flexibility index (Phi) is 8.94. The second-order valence-electron chi connectivity index (χ2n) is 15.6. The monoisotopic (exact) mass is 699 g/mol. The van der Waals surface area contributed by atoms with Crippen molar-refractivity contribution in [1.29, 1.82) is 0 Å². The minimum absolute atomic E-state index is 0. The van der Waals surface area contributed by atoms with Gasteiger partial charge in [0.2, 0.25) is 5.95 Å². The number of anilines is 3. The van der Waals surface area contributed by atoms with E-state index >= 15 is 0 Å². The average Bonchev–Trinajstić information content (AvgIpc) is 3.36. The van der Waals surface area contributed by atoms with Gasteiger partial charge < -0.3 is 19.7 Å². The van der Waals surface area contributed by atoms with E-state index in [1.54, 1.807) is 17.7 Å². The summed E-state index contributed by atoms with van der Waals surface area (Å²) >= 11 is 0. The van der Waals surface area contributed by atoms with E-state index in [2.05, 4.69) is 45.0 Å². The average molecular weight is 700 g/mol. The SMILES string of the molecule is CC(=O)c1c(C)c2cnc(Nc3ccc(N4CCN(CC5C(=O)O[C@H]6C5C/C(C)=C/CCC[C@@]5(C)O[C@H]65)CC4)cn3)nc2n(C2CCCC2)c1=O.[HH].[HH]. The van der Waals surface area contributed by atoms with Gasteiger partial charge in [-0.25, -0.2) is 9.97 Å². The number of allylic oxidation sites excluding steroid dienone is 2. The predicted octanol–water partition coefficient (Wildman–Crippen LogP) is 6.01. The van der Waals surface area contributed by atoms with Crippen molar-refractivity contribution in [2.24, 2.45) is 11.8 Å². The lowest BCUT2D eigenvalue weighted by Gasteiger charge is -2.37. The van der Waals surface area contributed by atoms with E-state index in [9.17, 15) is 14.4 Å². The molecule has 0 aromatic carbocycles. The summed E-state index contributed by atoms with van der Waals surface area (Å²) in [5.41, 5.74) is 3.34. The van der Waals surface area contributed by atoms with Crippen LogP contribution in [0.5, 0.6) is 0 Å². The topological polar surface area (TPSA) is 135 Å². The van der Waals surface area contributed by atoms with Crippen LogP contribution in [0.3, 0.4) is 0 Å². The maximum absolute atomic E-state index is 13.6. The molecule has 5 atom stereocenters. The molecule has 0 radical (unpaired) electrons. The van der Waals surface area contributed by atoms with E-state index in [-0.39, 0.29) is 61.4 Å². The van der Waals surface area contributed by atoms with Gasteiger partial charge in [0.25, 0.3) is 5.56 Å². The summed E-state index contributed by atoms with van der Waals surface area (Å²) < 4.78 is 14.0. The number of aromatic nitrogens is 4. The van der Waals surface area contributed by atoms with Crippen molar-refractivity contribution < 1.29 is 21.9 Å². The van der Waals surface area contributed by atoms with Crippen LogP contribution in [0.25, 0.3) is 11.0 Å². The zero-order valence-corrected chi connectivity index (χ0v) is 30.2. The molecule has 8 rings (SSSR count). The van der Waals surface area contributed by atoms with Crippen molar-refractivity contribution >= 4 is 40.2 Å². The van der Waals surface area contributed by atoms with Crippen LogP contribution in [0.2, 0.25) is 0 Å². The molecule has 0 bridgehead atoms. The number of ketones is 1. The molecule has 3 aliphatic heterocycles. The molecular formula is C39H53N7O5. The maximum atomic E-state index is 13.6. The molecule has 12 heteroatoms. The molecule has 1 saturated carbocycles. The fraction of sp³-hybridized carbons (Fsp3) is 0.590. The number of hydrogen-bond acceptors (Lipinski definition) is 11. The van der Waals surface area contributed by atoms with Gasteiger partial charge in [0.1, 0.15) is 23.7 Å². The molecule has 2 unspecified atom stereocenters. The number of esters is 1. The molecule has 1 N–H and O–H groups in total. The molecule has 4 fully saturated rings. The molecule has 5 aliphatic rings. The number of carbonyl (C=O) groups excluding carboxylic acids is 2. The summed E-state index contributed by atoms with van der Waals surface area (Å²) in [6.07, 6.45) is 13.7. The third-order valence-corrected chi connectivity index (χ3v) is 12.1. The summed E-state index contributed by atoms with van der Waals surface area (Å²) in [6, 6.07) is 3.98. The Bertz CT molecular complexity index is 1940. The van der Waals surface area contributed by atoms with Crippen LogP contribution < -0.4 is 15.8 Å². The molecule has 3 saturated heterocycles. The Morgan fingerprint density at radius 1 is 1.06 bits per heavy atom. The smallest absolute Gasteiger partial charge is 0.311 e. The summed E-state index contributed by atoms with van der Waals surface area (Å²) in [7, 11) is 0. The lowest BCUT2D eigenvalue weighted by molar-refractivity contribution is -0.145. The fourth-order valence-electron chi connectivity index (χ4n) is 9.13. The molecule has 51 heavy (non-hydrogen) atoms. The van der Waals surface area contributed by atoms with Crippen molar-refractivity contribution in [3.05, 3.63) is 57.7 Å². The van der Waals surface area contributed by atoms with Gasteiger partial charge in [-0.05, 0) is 83.9 Å². The van der Waals surface area contributed by atoms with E-state index in [0.29, 0.717) is 34.9 Å². The standard InChI is InChI=1S/C39H49N7O5.2H2/c1-23-9-7-8-14-39(4)34(51-39)33-28(19-23)30(37(49)50-33)22-44-15-17-45(18-16-44)27-12-13-31(40-20-27)42-38-41-21-29-24(2)32(25(3)47)36(48)46(35(29)43-38)26-10-5-6-11-26;;/h9,12-13,20-21,26,28,30,33-34H,5-8,10-11,14-19,22H2,1-4H3,(H,40,41,42,43);2*1H/b23-9+;;/t28?,30?,33-,34+,39+;;/m0../s1. The van der Waals surface area contributed by atoms with E-state index in [1.165, 1.54) is 12.5 Å². The minimum Gasteiger partial charge on any atom is -0.459 e. The first kappa shape index (κ1) is 34.0. The van der Waals surface area contributed by atoms with Crippen LogP contribution in [0.4, 0.5) is 17.5 Å². The summed E-state index contributed by atoms with van der Waals surface area (Å²) in [5.74, 6) is 0.644. The molecule has 274 valence electrons. The van der Waals surface area contributed by atoms with Gasteiger partial charge in [0.15, 0.2) is 5.78 Å². The first-order chi connectivity index (χ1) is 24.6. The number of hydrogen-bond donors (Lipinski definition) is 1. The molecule has 6 heterocycles. The highest BCUT2D eigenvalue weighted by Crippen LogP contribution is 2.50. The van der Waals surface area contributed by atoms with Gasteiger partial charge in [0.05, 0.1) is 29.0 Å². The third-order valence-electron chi connectivity index (χ3n) is 12.1. The number of carbonyl (C=O) groups is 2. The Balaban J connectivity index is 0.00000240. The van der Waals surface area contributed by atoms with E-state index in [1.807, 2.05) is 18.3 Å². The second kappa shape index (κ2) is 13.4. The quantitative estimate of drug-likeness (QED) is 0.135. The van der Waals surface area contributed by atoms with E-state index in [4.69, 9.17) is 14.5 Å². The van der Waals surface area contributed by atoms with Gasteiger partial charge in [-0.1, -0.05) is 24.5 Å². The zero-order valence-electron chi connectivity index (χ0n) is 30.2. The first-order valence-corrected chi connectivity index (χ1v) is 18.8. The van der Waals surface area contributed by atoms with Crippen molar-refractivity contribution in [3.8, 4) is 0 Å². The molecule has 0 amide bonds. The molecule has 2 aliphatic carbocycles. The molecular weight excluding hydrogens is 646 g/mol. The van der Waals surface area contributed by atoms with Crippen LogP contribution in [0, 0.1) is 18.8 Å². The second-order valence-corrected chi connectivity index (χ2v) is 15.6. The Labute approximate surface area is 301 Å². The van der Waals surface area contributed by atoms with Gasteiger partial charge in [0, 0.05) is 59.1 Å². The van der Waals surface area contributed by atoms with Crippen LogP contribution >= 0.6 is 0 Å². The number of fused-ring (bicyclic) bond motifs is 4. The van der Waals surface area contributed by atoms with Crippen molar-refractivity contribution in [3.63, 3.8) is 0 Å². The molecule has 3 aromatic rings. The maximum Gasteiger partial charge on any atom is 0.311 e. The third kappa shape index (κ3) is 6.45. The van der Waals surface area contributed by atoms with Crippen LogP contribution in [-0.4, -0.2) is 86.7 Å². The Morgan fingerprint density at radius 2 is 1.84 bits per heavy atom. The predicted molar refractivity (Wildman–Crippen MR) is 199 cm³/mol. The highest BCUT2D eigenvalue weighted by atomic mass is 16.6. The number of piperazine rings is 1. The summed E-state index contributed by atoms with van der Waals surface area (Å²) in [5, 5.41) is 3.94. The zero-order chi connectivity index (χ0) is 35.4. The number of ether oxygens (including phenoxy) is 2.